The van der Waals surface area contributed by atoms with Crippen molar-refractivity contribution in [2.75, 3.05) is 32.7 Å². The van der Waals surface area contributed by atoms with Crippen molar-refractivity contribution in [2.45, 2.75) is 20.4 Å². The highest BCUT2D eigenvalue weighted by Gasteiger charge is 2.21. The highest BCUT2D eigenvalue weighted by atomic mass is 16.4. The standard InChI is InChI=1S/C16H24N2O2/c1-13-5-3-4-6-15(13)12-18-9-7-17(8-10-18)11-14(2)16(19)20/h3-6,14H,7-12H2,1-2H3,(H,19,20). The van der Waals surface area contributed by atoms with E-state index in [1.54, 1.807) is 6.92 Å². The third-order valence-corrected chi connectivity index (χ3v) is 4.07. The van der Waals surface area contributed by atoms with Crippen molar-refractivity contribution in [2.24, 2.45) is 5.92 Å². The van der Waals surface area contributed by atoms with Crippen LogP contribution in [-0.4, -0.2) is 53.6 Å². The molecule has 1 aliphatic rings. The lowest BCUT2D eigenvalue weighted by molar-refractivity contribution is -0.141. The molecule has 1 N–H and O–H groups in total. The summed E-state index contributed by atoms with van der Waals surface area (Å²) in [6.45, 7) is 9.54. The summed E-state index contributed by atoms with van der Waals surface area (Å²) in [4.78, 5) is 15.6. The lowest BCUT2D eigenvalue weighted by Crippen LogP contribution is -2.47. The molecule has 1 aliphatic heterocycles. The molecule has 2 rings (SSSR count). The summed E-state index contributed by atoms with van der Waals surface area (Å²) >= 11 is 0. The molecule has 20 heavy (non-hydrogen) atoms. The third-order valence-electron chi connectivity index (χ3n) is 4.07. The maximum absolute atomic E-state index is 10.9. The van der Waals surface area contributed by atoms with E-state index in [0.29, 0.717) is 6.54 Å². The number of nitrogens with zero attached hydrogens (tertiary/aromatic N) is 2. The molecule has 0 saturated carbocycles. The molecular weight excluding hydrogens is 252 g/mol. The van der Waals surface area contributed by atoms with Crippen LogP contribution in [0, 0.1) is 12.8 Å². The Bertz CT molecular complexity index is 454. The van der Waals surface area contributed by atoms with Crippen LogP contribution in [0.15, 0.2) is 24.3 Å². The Kier molecular flexibility index (Phi) is 5.15. The highest BCUT2D eigenvalue weighted by Crippen LogP contribution is 2.13. The number of benzene rings is 1. The number of piperazine rings is 1. The monoisotopic (exact) mass is 276 g/mol. The van der Waals surface area contributed by atoms with Crippen LogP contribution < -0.4 is 0 Å². The molecule has 4 nitrogen and oxygen atoms in total. The minimum absolute atomic E-state index is 0.280. The van der Waals surface area contributed by atoms with E-state index >= 15 is 0 Å². The second-order valence-corrected chi connectivity index (χ2v) is 5.74. The first kappa shape index (κ1) is 15.0. The van der Waals surface area contributed by atoms with E-state index in [1.807, 2.05) is 0 Å². The van der Waals surface area contributed by atoms with E-state index < -0.39 is 5.97 Å². The molecular formula is C16H24N2O2. The predicted octanol–water partition coefficient (Wildman–Crippen LogP) is 1.83. The molecule has 1 heterocycles. The fourth-order valence-corrected chi connectivity index (χ4v) is 2.62. The third kappa shape index (κ3) is 4.05. The molecule has 1 fully saturated rings. The molecule has 1 atom stereocenters. The Labute approximate surface area is 121 Å². The summed E-state index contributed by atoms with van der Waals surface area (Å²) < 4.78 is 0. The van der Waals surface area contributed by atoms with E-state index in [4.69, 9.17) is 5.11 Å². The zero-order valence-corrected chi connectivity index (χ0v) is 12.4. The first-order valence-electron chi connectivity index (χ1n) is 7.28. The van der Waals surface area contributed by atoms with Gasteiger partial charge in [-0.3, -0.25) is 14.6 Å². The summed E-state index contributed by atoms with van der Waals surface area (Å²) in [6, 6.07) is 8.51. The molecule has 1 aromatic rings. The van der Waals surface area contributed by atoms with Gasteiger partial charge in [0.25, 0.3) is 0 Å². The van der Waals surface area contributed by atoms with Gasteiger partial charge in [-0.05, 0) is 18.1 Å². The van der Waals surface area contributed by atoms with Gasteiger partial charge in [0.1, 0.15) is 0 Å². The van der Waals surface area contributed by atoms with Crippen LogP contribution in [-0.2, 0) is 11.3 Å². The molecule has 0 aliphatic carbocycles. The van der Waals surface area contributed by atoms with Gasteiger partial charge in [-0.15, -0.1) is 0 Å². The average Bonchev–Trinajstić information content (AvgIpc) is 2.43. The van der Waals surface area contributed by atoms with Gasteiger partial charge in [-0.2, -0.15) is 0 Å². The van der Waals surface area contributed by atoms with E-state index in [0.717, 1.165) is 32.7 Å². The van der Waals surface area contributed by atoms with Gasteiger partial charge in [0.15, 0.2) is 0 Å². The molecule has 1 saturated heterocycles. The molecule has 0 aromatic heterocycles. The fraction of sp³-hybridized carbons (Fsp3) is 0.562. The molecule has 1 aromatic carbocycles. The van der Waals surface area contributed by atoms with Crippen LogP contribution in [0.4, 0.5) is 0 Å². The van der Waals surface area contributed by atoms with Crippen LogP contribution in [0.3, 0.4) is 0 Å². The molecule has 4 heteroatoms. The average molecular weight is 276 g/mol. The Hall–Kier alpha value is -1.39. The van der Waals surface area contributed by atoms with Crippen LogP contribution in [0.25, 0.3) is 0 Å². The van der Waals surface area contributed by atoms with Gasteiger partial charge >= 0.3 is 5.97 Å². The van der Waals surface area contributed by atoms with Gasteiger partial charge in [0.05, 0.1) is 5.92 Å². The first-order valence-corrected chi connectivity index (χ1v) is 7.28. The van der Waals surface area contributed by atoms with Gasteiger partial charge in [0.2, 0.25) is 0 Å². The number of aryl methyl sites for hydroxylation is 1. The van der Waals surface area contributed by atoms with Crippen molar-refractivity contribution >= 4 is 5.97 Å². The van der Waals surface area contributed by atoms with E-state index in [2.05, 4.69) is 41.0 Å². The summed E-state index contributed by atoms with van der Waals surface area (Å²) in [7, 11) is 0. The molecule has 110 valence electrons. The fourth-order valence-electron chi connectivity index (χ4n) is 2.62. The zero-order chi connectivity index (χ0) is 14.5. The molecule has 0 spiro atoms. The van der Waals surface area contributed by atoms with Gasteiger partial charge in [0, 0.05) is 39.3 Å². The summed E-state index contributed by atoms with van der Waals surface area (Å²) in [5.41, 5.74) is 2.73. The van der Waals surface area contributed by atoms with Crippen LogP contribution in [0.5, 0.6) is 0 Å². The Morgan fingerprint density at radius 1 is 1.20 bits per heavy atom. The second-order valence-electron chi connectivity index (χ2n) is 5.74. The number of hydrogen-bond donors (Lipinski definition) is 1. The van der Waals surface area contributed by atoms with Crippen molar-refractivity contribution < 1.29 is 9.90 Å². The van der Waals surface area contributed by atoms with Crippen molar-refractivity contribution in [1.29, 1.82) is 0 Å². The quantitative estimate of drug-likeness (QED) is 0.891. The number of hydrogen-bond acceptors (Lipinski definition) is 3. The predicted molar refractivity (Wildman–Crippen MR) is 79.7 cm³/mol. The smallest absolute Gasteiger partial charge is 0.307 e. The lowest BCUT2D eigenvalue weighted by Gasteiger charge is -2.35. The van der Waals surface area contributed by atoms with Gasteiger partial charge < -0.3 is 5.11 Å². The largest absolute Gasteiger partial charge is 0.481 e. The Balaban J connectivity index is 1.80. The lowest BCUT2D eigenvalue weighted by atomic mass is 10.1. The normalized spacial score (nSPS) is 18.9. The van der Waals surface area contributed by atoms with E-state index in [9.17, 15) is 4.79 Å². The molecule has 0 amide bonds. The van der Waals surface area contributed by atoms with E-state index in [1.165, 1.54) is 11.1 Å². The number of carboxylic acids is 1. The topological polar surface area (TPSA) is 43.8 Å². The minimum Gasteiger partial charge on any atom is -0.481 e. The molecule has 0 radical (unpaired) electrons. The maximum atomic E-state index is 10.9. The van der Waals surface area contributed by atoms with Crippen molar-refractivity contribution in [1.82, 2.24) is 9.80 Å². The van der Waals surface area contributed by atoms with Gasteiger partial charge in [-0.25, -0.2) is 0 Å². The first-order chi connectivity index (χ1) is 9.56. The van der Waals surface area contributed by atoms with Crippen molar-refractivity contribution in [3.63, 3.8) is 0 Å². The molecule has 0 bridgehead atoms. The van der Waals surface area contributed by atoms with Crippen molar-refractivity contribution in [3.8, 4) is 0 Å². The number of aliphatic carboxylic acids is 1. The highest BCUT2D eigenvalue weighted by molar-refractivity contribution is 5.69. The van der Waals surface area contributed by atoms with Crippen LogP contribution in [0.2, 0.25) is 0 Å². The Morgan fingerprint density at radius 3 is 2.40 bits per heavy atom. The SMILES string of the molecule is Cc1ccccc1CN1CCN(CC(C)C(=O)O)CC1. The second kappa shape index (κ2) is 6.86. The number of carboxylic acid groups (broad SMARTS) is 1. The van der Waals surface area contributed by atoms with E-state index in [-0.39, 0.29) is 5.92 Å². The number of carbonyl (C=O) groups is 1. The van der Waals surface area contributed by atoms with Crippen molar-refractivity contribution in [3.05, 3.63) is 35.4 Å². The number of rotatable bonds is 5. The Morgan fingerprint density at radius 2 is 1.80 bits per heavy atom. The zero-order valence-electron chi connectivity index (χ0n) is 12.4. The molecule has 1 unspecified atom stereocenters. The summed E-state index contributed by atoms with van der Waals surface area (Å²) in [5, 5.41) is 8.95. The minimum atomic E-state index is -0.702. The van der Waals surface area contributed by atoms with Crippen LogP contribution in [0.1, 0.15) is 18.1 Å². The summed E-state index contributed by atoms with van der Waals surface area (Å²) in [5.74, 6) is -0.981. The van der Waals surface area contributed by atoms with Gasteiger partial charge in [-0.1, -0.05) is 31.2 Å². The summed E-state index contributed by atoms with van der Waals surface area (Å²) in [6.07, 6.45) is 0. The van der Waals surface area contributed by atoms with Crippen LogP contribution >= 0.6 is 0 Å². The maximum Gasteiger partial charge on any atom is 0.307 e.